The lowest BCUT2D eigenvalue weighted by Crippen LogP contribution is -2.26. The second-order valence-electron chi connectivity index (χ2n) is 4.34. The van der Waals surface area contributed by atoms with Gasteiger partial charge in [0.15, 0.2) is 6.29 Å². The summed E-state index contributed by atoms with van der Waals surface area (Å²) in [6, 6.07) is 3.39. The quantitative estimate of drug-likeness (QED) is 0.771. The Kier molecular flexibility index (Phi) is 2.22. The number of benzene rings is 1. The summed E-state index contributed by atoms with van der Waals surface area (Å²) >= 11 is 0. The van der Waals surface area contributed by atoms with E-state index in [4.69, 9.17) is 4.74 Å². The van der Waals surface area contributed by atoms with Gasteiger partial charge in [-0.2, -0.15) is 0 Å². The number of carbonyl (C=O) groups is 2. The Hall–Kier alpha value is -1.84. The van der Waals surface area contributed by atoms with Crippen LogP contribution in [0.3, 0.4) is 0 Å². The minimum Gasteiger partial charge on any atom is -0.496 e. The monoisotopic (exact) mass is 219 g/mol. The van der Waals surface area contributed by atoms with Crippen LogP contribution in [0.2, 0.25) is 0 Å². The summed E-state index contributed by atoms with van der Waals surface area (Å²) < 4.78 is 5.12. The van der Waals surface area contributed by atoms with Gasteiger partial charge >= 0.3 is 0 Å². The van der Waals surface area contributed by atoms with E-state index < -0.39 is 5.41 Å². The van der Waals surface area contributed by atoms with Crippen LogP contribution in [0.4, 0.5) is 5.69 Å². The molecule has 0 aliphatic carbocycles. The topological polar surface area (TPSA) is 55.4 Å². The standard InChI is InChI=1S/C12H13NO3/c1-12(2)8-5-10(16-3)7(6-14)4-9(8)13-11(12)15/h4-6H,1-3H3,(H,13,15). The molecule has 0 atom stereocenters. The summed E-state index contributed by atoms with van der Waals surface area (Å²) in [4.78, 5) is 22.5. The predicted octanol–water partition coefficient (Wildman–Crippen LogP) is 1.74. The Morgan fingerprint density at radius 3 is 2.62 bits per heavy atom. The van der Waals surface area contributed by atoms with E-state index in [1.54, 1.807) is 12.1 Å². The van der Waals surface area contributed by atoms with Gasteiger partial charge in [0.05, 0.1) is 18.1 Å². The van der Waals surface area contributed by atoms with Crippen molar-refractivity contribution in [3.05, 3.63) is 23.3 Å². The third-order valence-electron chi connectivity index (χ3n) is 2.99. The van der Waals surface area contributed by atoms with Crippen LogP contribution in [0.25, 0.3) is 0 Å². The van der Waals surface area contributed by atoms with Crippen molar-refractivity contribution >= 4 is 17.9 Å². The van der Waals surface area contributed by atoms with Crippen LogP contribution in [0.5, 0.6) is 5.75 Å². The summed E-state index contributed by atoms with van der Waals surface area (Å²) in [5.41, 5.74) is 1.42. The van der Waals surface area contributed by atoms with Crippen molar-refractivity contribution in [1.29, 1.82) is 0 Å². The van der Waals surface area contributed by atoms with Crippen LogP contribution < -0.4 is 10.1 Å². The molecule has 0 radical (unpaired) electrons. The Bertz CT molecular complexity index is 477. The van der Waals surface area contributed by atoms with Gasteiger partial charge in [-0.25, -0.2) is 0 Å². The Morgan fingerprint density at radius 2 is 2.06 bits per heavy atom. The molecule has 1 aromatic rings. The highest BCUT2D eigenvalue weighted by Crippen LogP contribution is 2.40. The van der Waals surface area contributed by atoms with Crippen molar-refractivity contribution in [2.75, 3.05) is 12.4 Å². The minimum absolute atomic E-state index is 0.0624. The molecule has 4 nitrogen and oxygen atoms in total. The van der Waals surface area contributed by atoms with Crippen molar-refractivity contribution in [2.24, 2.45) is 0 Å². The first-order valence-corrected chi connectivity index (χ1v) is 5.00. The van der Waals surface area contributed by atoms with E-state index in [9.17, 15) is 9.59 Å². The molecule has 0 saturated heterocycles. The molecule has 0 spiro atoms. The smallest absolute Gasteiger partial charge is 0.234 e. The summed E-state index contributed by atoms with van der Waals surface area (Å²) in [5, 5.41) is 2.76. The van der Waals surface area contributed by atoms with Crippen LogP contribution in [0.15, 0.2) is 12.1 Å². The zero-order valence-electron chi connectivity index (χ0n) is 9.46. The van der Waals surface area contributed by atoms with Gasteiger partial charge in [0.1, 0.15) is 5.75 Å². The first kappa shape index (κ1) is 10.7. The maximum absolute atomic E-state index is 11.7. The van der Waals surface area contributed by atoms with Gasteiger partial charge in [-0.1, -0.05) is 0 Å². The number of aldehydes is 1. The fraction of sp³-hybridized carbons (Fsp3) is 0.333. The van der Waals surface area contributed by atoms with Crippen LogP contribution >= 0.6 is 0 Å². The number of ether oxygens (including phenoxy) is 1. The molecule has 0 saturated carbocycles. The molecular formula is C12H13NO3. The zero-order chi connectivity index (χ0) is 11.9. The number of anilines is 1. The van der Waals surface area contributed by atoms with Gasteiger partial charge in [-0.3, -0.25) is 9.59 Å². The summed E-state index contributed by atoms with van der Waals surface area (Å²) in [6.07, 6.45) is 0.719. The molecule has 1 N–H and O–H groups in total. The molecular weight excluding hydrogens is 206 g/mol. The molecule has 0 aromatic heterocycles. The largest absolute Gasteiger partial charge is 0.496 e. The minimum atomic E-state index is -0.579. The SMILES string of the molecule is COc1cc2c(cc1C=O)NC(=O)C2(C)C. The number of hydrogen-bond acceptors (Lipinski definition) is 3. The fourth-order valence-corrected chi connectivity index (χ4v) is 1.89. The summed E-state index contributed by atoms with van der Waals surface area (Å²) in [6.45, 7) is 3.68. The number of rotatable bonds is 2. The van der Waals surface area contributed by atoms with E-state index in [0.29, 0.717) is 17.0 Å². The maximum atomic E-state index is 11.7. The first-order chi connectivity index (χ1) is 7.50. The second kappa shape index (κ2) is 3.33. The molecule has 1 amide bonds. The van der Waals surface area contributed by atoms with Crippen molar-refractivity contribution < 1.29 is 14.3 Å². The molecule has 1 aromatic carbocycles. The highest BCUT2D eigenvalue weighted by Gasteiger charge is 2.39. The second-order valence-corrected chi connectivity index (χ2v) is 4.34. The molecule has 0 bridgehead atoms. The molecule has 2 rings (SSSR count). The molecule has 1 aliphatic rings. The number of methoxy groups -OCH3 is 1. The number of carbonyl (C=O) groups excluding carboxylic acids is 2. The molecule has 0 unspecified atom stereocenters. The molecule has 4 heteroatoms. The van der Waals surface area contributed by atoms with E-state index in [1.807, 2.05) is 13.8 Å². The molecule has 1 aliphatic heterocycles. The number of hydrogen-bond donors (Lipinski definition) is 1. The predicted molar refractivity (Wildman–Crippen MR) is 60.0 cm³/mol. The zero-order valence-corrected chi connectivity index (χ0v) is 9.46. The third kappa shape index (κ3) is 1.30. The molecule has 1 heterocycles. The van der Waals surface area contributed by atoms with Gasteiger partial charge in [0.25, 0.3) is 0 Å². The van der Waals surface area contributed by atoms with Crippen molar-refractivity contribution in [2.45, 2.75) is 19.3 Å². The van der Waals surface area contributed by atoms with Crippen LogP contribution in [0, 0.1) is 0 Å². The van der Waals surface area contributed by atoms with Gasteiger partial charge in [0.2, 0.25) is 5.91 Å². The molecule has 0 fully saturated rings. The van der Waals surface area contributed by atoms with Gasteiger partial charge < -0.3 is 10.1 Å². The summed E-state index contributed by atoms with van der Waals surface area (Å²) in [7, 11) is 1.51. The molecule has 16 heavy (non-hydrogen) atoms. The van der Waals surface area contributed by atoms with Crippen molar-refractivity contribution in [3.8, 4) is 5.75 Å². The van der Waals surface area contributed by atoms with Crippen LogP contribution in [0.1, 0.15) is 29.8 Å². The fourth-order valence-electron chi connectivity index (χ4n) is 1.89. The molecule has 84 valence electrons. The Labute approximate surface area is 93.6 Å². The maximum Gasteiger partial charge on any atom is 0.234 e. The van der Waals surface area contributed by atoms with E-state index >= 15 is 0 Å². The Balaban J connectivity index is 2.65. The highest BCUT2D eigenvalue weighted by molar-refractivity contribution is 6.06. The summed E-state index contributed by atoms with van der Waals surface area (Å²) in [5.74, 6) is 0.436. The van der Waals surface area contributed by atoms with E-state index in [1.165, 1.54) is 7.11 Å². The third-order valence-corrected chi connectivity index (χ3v) is 2.99. The number of fused-ring (bicyclic) bond motifs is 1. The van der Waals surface area contributed by atoms with E-state index in [2.05, 4.69) is 5.32 Å². The van der Waals surface area contributed by atoms with Gasteiger partial charge in [-0.05, 0) is 31.5 Å². The van der Waals surface area contributed by atoms with Gasteiger partial charge in [0, 0.05) is 5.69 Å². The lowest BCUT2D eigenvalue weighted by Gasteiger charge is -2.16. The average molecular weight is 219 g/mol. The highest BCUT2D eigenvalue weighted by atomic mass is 16.5. The number of nitrogens with one attached hydrogen (secondary N) is 1. The first-order valence-electron chi connectivity index (χ1n) is 5.00. The average Bonchev–Trinajstić information content (AvgIpc) is 2.48. The normalized spacial score (nSPS) is 16.6. The van der Waals surface area contributed by atoms with Crippen molar-refractivity contribution in [3.63, 3.8) is 0 Å². The van der Waals surface area contributed by atoms with Gasteiger partial charge in [-0.15, -0.1) is 0 Å². The van der Waals surface area contributed by atoms with Crippen LogP contribution in [-0.4, -0.2) is 19.3 Å². The van der Waals surface area contributed by atoms with Crippen molar-refractivity contribution in [1.82, 2.24) is 0 Å². The number of amides is 1. The van der Waals surface area contributed by atoms with E-state index in [-0.39, 0.29) is 5.91 Å². The van der Waals surface area contributed by atoms with Crippen LogP contribution in [-0.2, 0) is 10.2 Å². The Morgan fingerprint density at radius 1 is 1.38 bits per heavy atom. The lowest BCUT2D eigenvalue weighted by molar-refractivity contribution is -0.119. The van der Waals surface area contributed by atoms with E-state index in [0.717, 1.165) is 11.8 Å². The lowest BCUT2D eigenvalue weighted by atomic mass is 9.85.